The number of carbonyl (C=O) groups is 1. The number of hydrogen-bond acceptors (Lipinski definition) is 3. The second-order valence-electron chi connectivity index (χ2n) is 8.32. The number of fused-ring (bicyclic) bond motifs is 1. The van der Waals surface area contributed by atoms with Crippen LogP contribution in [0.25, 0.3) is 11.0 Å². The number of para-hydroxylation sites is 3. The van der Waals surface area contributed by atoms with Gasteiger partial charge in [0.25, 0.3) is 0 Å². The molecule has 0 radical (unpaired) electrons. The van der Waals surface area contributed by atoms with Gasteiger partial charge in [-0.3, -0.25) is 4.79 Å². The third-order valence-corrected chi connectivity index (χ3v) is 5.98. The molecule has 1 saturated carbocycles. The summed E-state index contributed by atoms with van der Waals surface area (Å²) >= 11 is 0. The van der Waals surface area contributed by atoms with Crippen LogP contribution in [0.4, 0.5) is 5.69 Å². The van der Waals surface area contributed by atoms with E-state index < -0.39 is 0 Å². The molecular weight excluding hydrogens is 374 g/mol. The number of aromatic nitrogens is 2. The van der Waals surface area contributed by atoms with Crippen LogP contribution in [0.3, 0.4) is 0 Å². The maximum atomic E-state index is 13.8. The number of hydrogen-bond donors (Lipinski definition) is 0. The molecule has 0 N–H and O–H groups in total. The van der Waals surface area contributed by atoms with E-state index in [0.717, 1.165) is 47.4 Å². The second kappa shape index (κ2) is 8.60. The first kappa shape index (κ1) is 20.6. The number of amides is 1. The number of methoxy groups -OCH3 is 1. The van der Waals surface area contributed by atoms with E-state index in [-0.39, 0.29) is 18.5 Å². The fourth-order valence-corrected chi connectivity index (χ4v) is 4.38. The van der Waals surface area contributed by atoms with Gasteiger partial charge >= 0.3 is 0 Å². The molecule has 1 fully saturated rings. The number of carbonyl (C=O) groups excluding carboxylic acids is 1. The number of benzene rings is 2. The quantitative estimate of drug-likeness (QED) is 0.538. The monoisotopic (exact) mass is 405 g/mol. The van der Waals surface area contributed by atoms with Crippen molar-refractivity contribution in [3.63, 3.8) is 0 Å². The van der Waals surface area contributed by atoms with Crippen LogP contribution >= 0.6 is 0 Å². The van der Waals surface area contributed by atoms with Crippen molar-refractivity contribution in [2.75, 3.05) is 18.6 Å². The lowest BCUT2D eigenvalue weighted by Gasteiger charge is -2.32. The third kappa shape index (κ3) is 3.86. The van der Waals surface area contributed by atoms with Crippen LogP contribution in [0.5, 0.6) is 0 Å². The van der Waals surface area contributed by atoms with E-state index in [2.05, 4.69) is 49.6 Å². The summed E-state index contributed by atoms with van der Waals surface area (Å²) < 4.78 is 7.56. The SMILES string of the molecule is CCc1cccc(C)c1N(C(=O)Cn1c(C2CC2)nc2ccccc21)C(C)COC. The zero-order valence-corrected chi connectivity index (χ0v) is 18.4. The predicted molar refractivity (Wildman–Crippen MR) is 121 cm³/mol. The molecule has 1 amide bonds. The lowest BCUT2D eigenvalue weighted by Crippen LogP contribution is -2.44. The molecule has 5 nitrogen and oxygen atoms in total. The summed E-state index contributed by atoms with van der Waals surface area (Å²) in [6.07, 6.45) is 3.18. The van der Waals surface area contributed by atoms with Gasteiger partial charge in [-0.2, -0.15) is 0 Å². The molecule has 2 aromatic carbocycles. The van der Waals surface area contributed by atoms with Gasteiger partial charge in [-0.15, -0.1) is 0 Å². The highest BCUT2D eigenvalue weighted by Crippen LogP contribution is 2.41. The molecule has 1 atom stereocenters. The molecule has 1 aliphatic carbocycles. The van der Waals surface area contributed by atoms with Gasteiger partial charge in [0.05, 0.1) is 29.4 Å². The Hall–Kier alpha value is -2.66. The van der Waals surface area contributed by atoms with E-state index in [0.29, 0.717) is 12.5 Å². The number of anilines is 1. The van der Waals surface area contributed by atoms with E-state index in [1.807, 2.05) is 23.1 Å². The average molecular weight is 406 g/mol. The fraction of sp³-hybridized carbons (Fsp3) is 0.440. The molecule has 1 heterocycles. The summed E-state index contributed by atoms with van der Waals surface area (Å²) in [7, 11) is 1.69. The van der Waals surface area contributed by atoms with Crippen molar-refractivity contribution < 1.29 is 9.53 Å². The molecule has 158 valence electrons. The number of nitrogens with zero attached hydrogens (tertiary/aromatic N) is 3. The third-order valence-electron chi connectivity index (χ3n) is 5.98. The van der Waals surface area contributed by atoms with Crippen LogP contribution in [0.1, 0.15) is 49.6 Å². The van der Waals surface area contributed by atoms with E-state index in [1.54, 1.807) is 7.11 Å². The first-order valence-corrected chi connectivity index (χ1v) is 10.9. The zero-order valence-electron chi connectivity index (χ0n) is 18.4. The van der Waals surface area contributed by atoms with Gasteiger partial charge in [-0.05, 0) is 56.4 Å². The van der Waals surface area contributed by atoms with Crippen LogP contribution in [-0.4, -0.2) is 35.2 Å². The summed E-state index contributed by atoms with van der Waals surface area (Å²) in [5.74, 6) is 1.60. The standard InChI is InChI=1S/C25H31N3O2/c1-5-19-10-8-9-17(2)24(19)28(18(3)16-30-4)23(29)15-27-22-12-7-6-11-21(22)26-25(27)20-13-14-20/h6-12,18,20H,5,13-16H2,1-4H3. The molecule has 5 heteroatoms. The van der Waals surface area contributed by atoms with E-state index in [1.165, 1.54) is 5.56 Å². The highest BCUT2D eigenvalue weighted by atomic mass is 16.5. The summed E-state index contributed by atoms with van der Waals surface area (Å²) in [6.45, 7) is 7.05. The van der Waals surface area contributed by atoms with Gasteiger partial charge in [0, 0.05) is 13.0 Å². The van der Waals surface area contributed by atoms with Gasteiger partial charge in [-0.1, -0.05) is 37.3 Å². The second-order valence-corrected chi connectivity index (χ2v) is 8.32. The number of rotatable bonds is 8. The Labute approximate surface area is 178 Å². The largest absolute Gasteiger partial charge is 0.383 e. The topological polar surface area (TPSA) is 47.4 Å². The Morgan fingerprint density at radius 3 is 2.70 bits per heavy atom. The lowest BCUT2D eigenvalue weighted by atomic mass is 10.0. The molecule has 1 aromatic heterocycles. The fourth-order valence-electron chi connectivity index (χ4n) is 4.38. The molecule has 3 aromatic rings. The molecule has 0 aliphatic heterocycles. The Morgan fingerprint density at radius 1 is 1.23 bits per heavy atom. The van der Waals surface area contributed by atoms with Crippen molar-refractivity contribution in [1.82, 2.24) is 9.55 Å². The first-order chi connectivity index (χ1) is 14.5. The van der Waals surface area contributed by atoms with Crippen molar-refractivity contribution in [1.29, 1.82) is 0 Å². The van der Waals surface area contributed by atoms with Gasteiger partial charge in [0.15, 0.2) is 0 Å². The molecule has 0 bridgehead atoms. The predicted octanol–water partition coefficient (Wildman–Crippen LogP) is 4.85. The van der Waals surface area contributed by atoms with Crippen molar-refractivity contribution in [2.24, 2.45) is 0 Å². The zero-order chi connectivity index (χ0) is 21.3. The Balaban J connectivity index is 1.76. The molecule has 1 aliphatic rings. The van der Waals surface area contributed by atoms with Crippen LogP contribution in [-0.2, 0) is 22.5 Å². The minimum atomic E-state index is -0.0620. The van der Waals surface area contributed by atoms with E-state index >= 15 is 0 Å². The van der Waals surface area contributed by atoms with Gasteiger partial charge in [0.2, 0.25) is 5.91 Å². The van der Waals surface area contributed by atoms with Crippen molar-refractivity contribution in [3.05, 3.63) is 59.4 Å². The minimum Gasteiger partial charge on any atom is -0.383 e. The van der Waals surface area contributed by atoms with Crippen LogP contribution < -0.4 is 4.90 Å². The van der Waals surface area contributed by atoms with Crippen LogP contribution in [0, 0.1) is 6.92 Å². The highest BCUT2D eigenvalue weighted by molar-refractivity contribution is 5.96. The highest BCUT2D eigenvalue weighted by Gasteiger charge is 2.32. The number of imidazole rings is 1. The summed E-state index contributed by atoms with van der Waals surface area (Å²) in [5, 5.41) is 0. The Kier molecular flexibility index (Phi) is 5.91. The number of aryl methyl sites for hydroxylation is 2. The van der Waals surface area contributed by atoms with Crippen LogP contribution in [0.2, 0.25) is 0 Å². The molecule has 0 spiro atoms. The molecule has 30 heavy (non-hydrogen) atoms. The minimum absolute atomic E-state index is 0.0620. The smallest absolute Gasteiger partial charge is 0.247 e. The Morgan fingerprint density at radius 2 is 2.00 bits per heavy atom. The summed E-state index contributed by atoms with van der Waals surface area (Å²) in [6, 6.07) is 14.3. The Bertz CT molecular complexity index is 1050. The van der Waals surface area contributed by atoms with Gasteiger partial charge in [-0.25, -0.2) is 4.98 Å². The van der Waals surface area contributed by atoms with Crippen molar-refractivity contribution in [2.45, 2.75) is 58.5 Å². The first-order valence-electron chi connectivity index (χ1n) is 10.9. The van der Waals surface area contributed by atoms with Gasteiger partial charge < -0.3 is 14.2 Å². The molecular formula is C25H31N3O2. The lowest BCUT2D eigenvalue weighted by molar-refractivity contribution is -0.119. The van der Waals surface area contributed by atoms with Gasteiger partial charge in [0.1, 0.15) is 12.4 Å². The summed E-state index contributed by atoms with van der Waals surface area (Å²) in [5.41, 5.74) is 5.32. The van der Waals surface area contributed by atoms with E-state index in [4.69, 9.17) is 9.72 Å². The molecule has 0 saturated heterocycles. The normalized spacial score (nSPS) is 14.8. The number of ether oxygens (including phenoxy) is 1. The van der Waals surface area contributed by atoms with Crippen molar-refractivity contribution in [3.8, 4) is 0 Å². The molecule has 1 unspecified atom stereocenters. The summed E-state index contributed by atoms with van der Waals surface area (Å²) in [4.78, 5) is 20.6. The van der Waals surface area contributed by atoms with Crippen molar-refractivity contribution >= 4 is 22.6 Å². The molecule has 4 rings (SSSR count). The average Bonchev–Trinajstić information content (AvgIpc) is 3.52. The van der Waals surface area contributed by atoms with E-state index in [9.17, 15) is 4.79 Å². The van der Waals surface area contributed by atoms with Crippen LogP contribution in [0.15, 0.2) is 42.5 Å². The maximum Gasteiger partial charge on any atom is 0.247 e. The maximum absolute atomic E-state index is 13.8.